The molecular formula is C15H22N4O2. The number of carboxylic acid groups (broad SMARTS) is 1. The second kappa shape index (κ2) is 5.42. The van der Waals surface area contributed by atoms with Crippen LogP contribution in [0.25, 0.3) is 0 Å². The highest BCUT2D eigenvalue weighted by Crippen LogP contribution is 2.36. The van der Waals surface area contributed by atoms with Crippen molar-refractivity contribution in [1.82, 2.24) is 10.3 Å². The highest BCUT2D eigenvalue weighted by atomic mass is 16.4. The standard InChI is InChI=1S/C15H22N4O2/c1-9-5-10(18-15(20)21)8-19(7-9)14-11-3-2-4-13(11)17-6-12(14)16/h6,9-10,18H,2-5,7-8,16H2,1H3,(H,20,21)/t9-,10+/m1/s1. The number of aromatic nitrogens is 1. The number of fused-ring (bicyclic) bond motifs is 1. The van der Waals surface area contributed by atoms with Gasteiger partial charge in [0.25, 0.3) is 0 Å². The monoisotopic (exact) mass is 290 g/mol. The summed E-state index contributed by atoms with van der Waals surface area (Å²) >= 11 is 0. The fourth-order valence-corrected chi connectivity index (χ4v) is 3.69. The minimum absolute atomic E-state index is 0.0455. The largest absolute Gasteiger partial charge is 0.465 e. The van der Waals surface area contributed by atoms with Gasteiger partial charge >= 0.3 is 6.09 Å². The van der Waals surface area contributed by atoms with Crippen molar-refractivity contribution in [2.45, 2.75) is 38.6 Å². The molecule has 3 rings (SSSR count). The number of piperidine rings is 1. The first kappa shape index (κ1) is 14.0. The van der Waals surface area contributed by atoms with Crippen LogP contribution in [0.4, 0.5) is 16.2 Å². The average Bonchev–Trinajstić information content (AvgIpc) is 2.84. The summed E-state index contributed by atoms with van der Waals surface area (Å²) < 4.78 is 0. The quantitative estimate of drug-likeness (QED) is 0.770. The maximum absolute atomic E-state index is 10.9. The van der Waals surface area contributed by atoms with Gasteiger partial charge in [0.15, 0.2) is 0 Å². The SMILES string of the molecule is C[C@@H]1C[C@H](NC(=O)O)CN(c2c(N)cnc3c2CCC3)C1. The molecule has 0 saturated carbocycles. The van der Waals surface area contributed by atoms with Gasteiger partial charge in [0.05, 0.1) is 17.6 Å². The van der Waals surface area contributed by atoms with E-state index in [1.54, 1.807) is 6.20 Å². The Morgan fingerprint density at radius 1 is 1.48 bits per heavy atom. The predicted octanol–water partition coefficient (Wildman–Crippen LogP) is 1.63. The molecule has 1 aromatic heterocycles. The molecule has 1 aromatic rings. The average molecular weight is 290 g/mol. The molecular weight excluding hydrogens is 268 g/mol. The zero-order valence-corrected chi connectivity index (χ0v) is 12.3. The molecule has 1 saturated heterocycles. The Bertz CT molecular complexity index is 561. The van der Waals surface area contributed by atoms with Crippen molar-refractivity contribution in [2.75, 3.05) is 23.7 Å². The number of anilines is 2. The fraction of sp³-hybridized carbons (Fsp3) is 0.600. The molecule has 4 N–H and O–H groups in total. The number of rotatable bonds is 2. The van der Waals surface area contributed by atoms with Crippen LogP contribution < -0.4 is 16.0 Å². The van der Waals surface area contributed by atoms with E-state index in [2.05, 4.69) is 22.1 Å². The van der Waals surface area contributed by atoms with Gasteiger partial charge < -0.3 is 21.1 Å². The lowest BCUT2D eigenvalue weighted by molar-refractivity contribution is 0.186. The van der Waals surface area contributed by atoms with E-state index in [-0.39, 0.29) is 6.04 Å². The van der Waals surface area contributed by atoms with Gasteiger partial charge in [-0.25, -0.2) is 4.79 Å². The topological polar surface area (TPSA) is 91.5 Å². The first-order valence-corrected chi connectivity index (χ1v) is 7.55. The zero-order valence-electron chi connectivity index (χ0n) is 12.3. The Labute approximate surface area is 124 Å². The predicted molar refractivity (Wildman–Crippen MR) is 81.6 cm³/mol. The third-order valence-corrected chi connectivity index (χ3v) is 4.41. The lowest BCUT2D eigenvalue weighted by Gasteiger charge is -2.39. The van der Waals surface area contributed by atoms with Crippen LogP contribution in [0.3, 0.4) is 0 Å². The minimum Gasteiger partial charge on any atom is -0.465 e. The van der Waals surface area contributed by atoms with Crippen LogP contribution >= 0.6 is 0 Å². The Morgan fingerprint density at radius 3 is 3.05 bits per heavy atom. The number of pyridine rings is 1. The van der Waals surface area contributed by atoms with Crippen molar-refractivity contribution >= 4 is 17.5 Å². The Kier molecular flexibility index (Phi) is 3.61. The summed E-state index contributed by atoms with van der Waals surface area (Å²) in [5.74, 6) is 0.431. The van der Waals surface area contributed by atoms with Gasteiger partial charge in [-0.3, -0.25) is 4.98 Å². The number of nitrogens with zero attached hydrogens (tertiary/aromatic N) is 2. The maximum Gasteiger partial charge on any atom is 0.404 e. The number of amides is 1. The molecule has 2 aliphatic rings. The molecule has 1 aliphatic heterocycles. The Morgan fingerprint density at radius 2 is 2.29 bits per heavy atom. The number of hydrogen-bond donors (Lipinski definition) is 3. The number of hydrogen-bond acceptors (Lipinski definition) is 4. The summed E-state index contributed by atoms with van der Waals surface area (Å²) in [5, 5.41) is 11.6. The summed E-state index contributed by atoms with van der Waals surface area (Å²) in [7, 11) is 0. The van der Waals surface area contributed by atoms with Gasteiger partial charge in [-0.05, 0) is 37.2 Å². The molecule has 6 heteroatoms. The summed E-state index contributed by atoms with van der Waals surface area (Å²) in [6.45, 7) is 3.75. The first-order chi connectivity index (χ1) is 10.0. The van der Waals surface area contributed by atoms with Crippen LogP contribution in [0.15, 0.2) is 6.20 Å². The van der Waals surface area contributed by atoms with E-state index in [0.29, 0.717) is 18.2 Å². The molecule has 0 radical (unpaired) electrons. The van der Waals surface area contributed by atoms with E-state index in [1.807, 2.05) is 0 Å². The molecule has 0 aromatic carbocycles. The maximum atomic E-state index is 10.9. The molecule has 1 fully saturated rings. The molecule has 2 heterocycles. The number of carbonyl (C=O) groups is 1. The lowest BCUT2D eigenvalue weighted by atomic mass is 9.94. The van der Waals surface area contributed by atoms with E-state index in [1.165, 1.54) is 5.56 Å². The lowest BCUT2D eigenvalue weighted by Crippen LogP contribution is -2.50. The summed E-state index contributed by atoms with van der Waals surface area (Å²) in [6.07, 6.45) is 4.82. The zero-order chi connectivity index (χ0) is 15.0. The number of nitrogens with one attached hydrogen (secondary N) is 1. The van der Waals surface area contributed by atoms with Gasteiger partial charge in [-0.2, -0.15) is 0 Å². The van der Waals surface area contributed by atoms with Crippen molar-refractivity contribution in [3.05, 3.63) is 17.5 Å². The molecule has 0 unspecified atom stereocenters. The van der Waals surface area contributed by atoms with Crippen LogP contribution in [0, 0.1) is 5.92 Å². The van der Waals surface area contributed by atoms with E-state index in [9.17, 15) is 4.79 Å². The van der Waals surface area contributed by atoms with E-state index >= 15 is 0 Å². The van der Waals surface area contributed by atoms with Crippen LogP contribution in [0.2, 0.25) is 0 Å². The molecule has 1 aliphatic carbocycles. The number of aryl methyl sites for hydroxylation is 1. The van der Waals surface area contributed by atoms with Gasteiger partial charge in [-0.1, -0.05) is 6.92 Å². The molecule has 0 spiro atoms. The van der Waals surface area contributed by atoms with E-state index in [0.717, 1.165) is 43.6 Å². The highest BCUT2D eigenvalue weighted by molar-refractivity contribution is 5.73. The third kappa shape index (κ3) is 2.75. The second-order valence-corrected chi connectivity index (χ2v) is 6.23. The molecule has 6 nitrogen and oxygen atoms in total. The number of nitrogens with two attached hydrogens (primary N) is 1. The molecule has 21 heavy (non-hydrogen) atoms. The van der Waals surface area contributed by atoms with Crippen LogP contribution in [0.1, 0.15) is 31.0 Å². The van der Waals surface area contributed by atoms with Crippen LogP contribution in [-0.2, 0) is 12.8 Å². The van der Waals surface area contributed by atoms with Crippen molar-refractivity contribution in [3.63, 3.8) is 0 Å². The number of nitrogen functional groups attached to an aromatic ring is 1. The summed E-state index contributed by atoms with van der Waals surface area (Å²) in [4.78, 5) is 17.6. The molecule has 1 amide bonds. The summed E-state index contributed by atoms with van der Waals surface area (Å²) in [5.41, 5.74) is 10.4. The third-order valence-electron chi connectivity index (χ3n) is 4.41. The molecule has 114 valence electrons. The Balaban J connectivity index is 1.89. The molecule has 0 bridgehead atoms. The van der Waals surface area contributed by atoms with E-state index < -0.39 is 6.09 Å². The second-order valence-electron chi connectivity index (χ2n) is 6.23. The summed E-state index contributed by atoms with van der Waals surface area (Å²) in [6, 6.07) is -0.0455. The van der Waals surface area contributed by atoms with Crippen molar-refractivity contribution in [3.8, 4) is 0 Å². The van der Waals surface area contributed by atoms with Crippen molar-refractivity contribution < 1.29 is 9.90 Å². The van der Waals surface area contributed by atoms with Gasteiger partial charge in [0.2, 0.25) is 0 Å². The minimum atomic E-state index is -0.957. The van der Waals surface area contributed by atoms with Crippen molar-refractivity contribution in [1.29, 1.82) is 0 Å². The first-order valence-electron chi connectivity index (χ1n) is 7.55. The van der Waals surface area contributed by atoms with Crippen LogP contribution in [-0.4, -0.2) is 35.3 Å². The van der Waals surface area contributed by atoms with Gasteiger partial charge in [-0.15, -0.1) is 0 Å². The highest BCUT2D eigenvalue weighted by Gasteiger charge is 2.30. The van der Waals surface area contributed by atoms with Gasteiger partial charge in [0.1, 0.15) is 0 Å². The Hall–Kier alpha value is -1.98. The van der Waals surface area contributed by atoms with E-state index in [4.69, 9.17) is 10.8 Å². The van der Waals surface area contributed by atoms with Crippen LogP contribution in [0.5, 0.6) is 0 Å². The molecule has 2 atom stereocenters. The van der Waals surface area contributed by atoms with Gasteiger partial charge in [0, 0.05) is 24.8 Å². The smallest absolute Gasteiger partial charge is 0.404 e. The normalized spacial score (nSPS) is 24.7. The fourth-order valence-electron chi connectivity index (χ4n) is 3.69. The van der Waals surface area contributed by atoms with Crippen molar-refractivity contribution in [2.24, 2.45) is 5.92 Å².